The third-order valence-electron chi connectivity index (χ3n) is 4.90. The lowest BCUT2D eigenvalue weighted by molar-refractivity contribution is -0.133. The quantitative estimate of drug-likeness (QED) is 0.515. The third kappa shape index (κ3) is 6.83. The van der Waals surface area contributed by atoms with Crippen molar-refractivity contribution >= 4 is 17.6 Å². The first-order valence-electron chi connectivity index (χ1n) is 10.4. The SMILES string of the molecule is CCC[C@H](NC(=O)[C@H](O)c1cc(F)cc(F)c1)C(=O)Nc1cn(C(C)(C)CN(C)C)cn1. The molecule has 32 heavy (non-hydrogen) atoms. The van der Waals surface area contributed by atoms with E-state index in [2.05, 4.69) is 15.6 Å². The lowest BCUT2D eigenvalue weighted by atomic mass is 10.1. The number of nitrogens with one attached hydrogen (secondary N) is 2. The smallest absolute Gasteiger partial charge is 0.254 e. The Bertz CT molecular complexity index is 925. The van der Waals surface area contributed by atoms with Crippen LogP contribution in [0.3, 0.4) is 0 Å². The second kappa shape index (κ2) is 10.6. The Morgan fingerprint density at radius 2 is 1.81 bits per heavy atom. The summed E-state index contributed by atoms with van der Waals surface area (Å²) in [5.41, 5.74) is -0.501. The Kier molecular flexibility index (Phi) is 8.45. The summed E-state index contributed by atoms with van der Waals surface area (Å²) < 4.78 is 28.7. The Morgan fingerprint density at radius 3 is 2.38 bits per heavy atom. The van der Waals surface area contributed by atoms with Crippen LogP contribution in [-0.2, 0) is 15.1 Å². The lowest BCUT2D eigenvalue weighted by Crippen LogP contribution is -2.45. The van der Waals surface area contributed by atoms with Gasteiger partial charge in [-0.15, -0.1) is 0 Å². The van der Waals surface area contributed by atoms with Crippen molar-refractivity contribution in [2.24, 2.45) is 0 Å². The highest BCUT2D eigenvalue weighted by Gasteiger charge is 2.27. The fourth-order valence-corrected chi connectivity index (χ4v) is 3.48. The number of aromatic nitrogens is 2. The van der Waals surface area contributed by atoms with E-state index in [1.54, 1.807) is 12.5 Å². The van der Waals surface area contributed by atoms with Crippen LogP contribution < -0.4 is 10.6 Å². The largest absolute Gasteiger partial charge is 0.378 e. The zero-order valence-corrected chi connectivity index (χ0v) is 19.0. The molecule has 0 saturated carbocycles. The first-order valence-corrected chi connectivity index (χ1v) is 10.4. The monoisotopic (exact) mass is 451 g/mol. The van der Waals surface area contributed by atoms with E-state index in [0.29, 0.717) is 24.7 Å². The van der Waals surface area contributed by atoms with Gasteiger partial charge in [0.1, 0.15) is 17.7 Å². The number of halogens is 2. The number of rotatable bonds is 10. The van der Waals surface area contributed by atoms with Crippen LogP contribution >= 0.6 is 0 Å². The van der Waals surface area contributed by atoms with Crippen molar-refractivity contribution in [2.45, 2.75) is 51.3 Å². The van der Waals surface area contributed by atoms with Gasteiger partial charge in [-0.1, -0.05) is 13.3 Å². The molecule has 1 aromatic carbocycles. The van der Waals surface area contributed by atoms with Crippen LogP contribution in [0.1, 0.15) is 45.3 Å². The maximum atomic E-state index is 13.4. The second-order valence-corrected chi connectivity index (χ2v) is 8.66. The molecule has 176 valence electrons. The number of aliphatic hydroxyl groups excluding tert-OH is 1. The minimum absolute atomic E-state index is 0.238. The van der Waals surface area contributed by atoms with Crippen molar-refractivity contribution in [1.29, 1.82) is 0 Å². The molecule has 0 spiro atoms. The van der Waals surface area contributed by atoms with Gasteiger partial charge in [0.05, 0.1) is 11.9 Å². The van der Waals surface area contributed by atoms with Gasteiger partial charge in [-0.3, -0.25) is 9.59 Å². The topological polar surface area (TPSA) is 99.5 Å². The summed E-state index contributed by atoms with van der Waals surface area (Å²) >= 11 is 0. The number of imidazole rings is 1. The van der Waals surface area contributed by atoms with Crippen LogP contribution in [0, 0.1) is 11.6 Å². The van der Waals surface area contributed by atoms with E-state index < -0.39 is 35.6 Å². The van der Waals surface area contributed by atoms with Gasteiger partial charge in [-0.25, -0.2) is 13.8 Å². The van der Waals surface area contributed by atoms with E-state index in [-0.39, 0.29) is 11.1 Å². The molecule has 0 aliphatic heterocycles. The molecular weight excluding hydrogens is 420 g/mol. The van der Waals surface area contributed by atoms with E-state index >= 15 is 0 Å². The van der Waals surface area contributed by atoms with E-state index in [4.69, 9.17) is 0 Å². The normalized spacial score (nSPS) is 13.7. The van der Waals surface area contributed by atoms with Gasteiger partial charge in [0.15, 0.2) is 11.9 Å². The van der Waals surface area contributed by atoms with Crippen molar-refractivity contribution in [2.75, 3.05) is 26.0 Å². The fraction of sp³-hybridized carbons (Fsp3) is 0.500. The molecule has 0 aliphatic carbocycles. The number of likely N-dealkylation sites (N-methyl/N-ethyl adjacent to an activating group) is 1. The van der Waals surface area contributed by atoms with Gasteiger partial charge in [0.25, 0.3) is 5.91 Å². The number of hydrogen-bond donors (Lipinski definition) is 3. The van der Waals surface area contributed by atoms with Crippen LogP contribution in [-0.4, -0.2) is 58.1 Å². The van der Waals surface area contributed by atoms with Crippen LogP contribution in [0.5, 0.6) is 0 Å². The van der Waals surface area contributed by atoms with Crippen molar-refractivity contribution in [1.82, 2.24) is 19.8 Å². The van der Waals surface area contributed by atoms with Crippen LogP contribution in [0.4, 0.5) is 14.6 Å². The van der Waals surface area contributed by atoms with E-state index in [9.17, 15) is 23.5 Å². The summed E-state index contributed by atoms with van der Waals surface area (Å²) in [4.78, 5) is 31.5. The molecule has 0 aliphatic rings. The molecule has 0 radical (unpaired) electrons. The number of carbonyl (C=O) groups is 2. The van der Waals surface area contributed by atoms with E-state index in [1.165, 1.54) is 0 Å². The minimum Gasteiger partial charge on any atom is -0.378 e. The summed E-state index contributed by atoms with van der Waals surface area (Å²) in [5, 5.41) is 15.3. The predicted octanol–water partition coefficient (Wildman–Crippen LogP) is 2.42. The molecule has 2 amide bonds. The lowest BCUT2D eigenvalue weighted by Gasteiger charge is -2.29. The molecule has 0 saturated heterocycles. The van der Waals surface area contributed by atoms with E-state index in [0.717, 1.165) is 18.7 Å². The highest BCUT2D eigenvalue weighted by atomic mass is 19.1. The van der Waals surface area contributed by atoms with Crippen molar-refractivity contribution in [3.8, 4) is 0 Å². The molecule has 0 fully saturated rings. The molecule has 10 heteroatoms. The third-order valence-corrected chi connectivity index (χ3v) is 4.90. The molecule has 0 bridgehead atoms. The summed E-state index contributed by atoms with van der Waals surface area (Å²) in [7, 11) is 3.93. The maximum Gasteiger partial charge on any atom is 0.254 e. The van der Waals surface area contributed by atoms with Gasteiger partial charge in [-0.05, 0) is 52.1 Å². The first kappa shape index (κ1) is 25.4. The zero-order valence-electron chi connectivity index (χ0n) is 19.0. The number of benzene rings is 1. The van der Waals surface area contributed by atoms with Gasteiger partial charge in [0.2, 0.25) is 5.91 Å². The van der Waals surface area contributed by atoms with Crippen molar-refractivity contribution < 1.29 is 23.5 Å². The maximum absolute atomic E-state index is 13.4. The highest BCUT2D eigenvalue weighted by Crippen LogP contribution is 2.19. The molecule has 3 N–H and O–H groups in total. The minimum atomic E-state index is -1.82. The second-order valence-electron chi connectivity index (χ2n) is 8.66. The first-order chi connectivity index (χ1) is 14.9. The number of nitrogens with zero attached hydrogens (tertiary/aromatic N) is 3. The Balaban J connectivity index is 2.08. The van der Waals surface area contributed by atoms with Gasteiger partial charge in [0, 0.05) is 18.8 Å². The Hall–Kier alpha value is -2.85. The van der Waals surface area contributed by atoms with E-state index in [1.807, 2.05) is 44.3 Å². The Labute approximate surface area is 186 Å². The fourth-order valence-electron chi connectivity index (χ4n) is 3.48. The van der Waals surface area contributed by atoms with Gasteiger partial charge in [-0.2, -0.15) is 0 Å². The molecule has 1 aromatic heterocycles. The molecule has 2 atom stereocenters. The average Bonchev–Trinajstić information content (AvgIpc) is 3.14. The molecule has 1 heterocycles. The number of anilines is 1. The van der Waals surface area contributed by atoms with Crippen LogP contribution in [0.25, 0.3) is 0 Å². The van der Waals surface area contributed by atoms with Crippen molar-refractivity contribution in [3.05, 3.63) is 47.9 Å². The molecule has 8 nitrogen and oxygen atoms in total. The zero-order chi connectivity index (χ0) is 24.1. The molecule has 2 rings (SSSR count). The number of aliphatic hydroxyl groups is 1. The number of hydrogen-bond acceptors (Lipinski definition) is 5. The average molecular weight is 452 g/mol. The summed E-state index contributed by atoms with van der Waals surface area (Å²) in [6.07, 6.45) is 2.38. The molecule has 0 unspecified atom stereocenters. The summed E-state index contributed by atoms with van der Waals surface area (Å²) in [5.74, 6) is -2.94. The van der Waals surface area contributed by atoms with Gasteiger partial charge < -0.3 is 25.2 Å². The number of amides is 2. The van der Waals surface area contributed by atoms with Crippen LogP contribution in [0.15, 0.2) is 30.7 Å². The van der Waals surface area contributed by atoms with Gasteiger partial charge >= 0.3 is 0 Å². The van der Waals surface area contributed by atoms with Crippen LogP contribution in [0.2, 0.25) is 0 Å². The molecular formula is C22H31F2N5O3. The predicted molar refractivity (Wildman–Crippen MR) is 117 cm³/mol. The Morgan fingerprint density at radius 1 is 1.19 bits per heavy atom. The summed E-state index contributed by atoms with van der Waals surface area (Å²) in [6.45, 7) is 6.67. The molecule has 2 aromatic rings. The highest BCUT2D eigenvalue weighted by molar-refractivity contribution is 5.97. The summed E-state index contributed by atoms with van der Waals surface area (Å²) in [6, 6.07) is 1.41. The standard InChI is InChI=1S/C22H31F2N5O3/c1-6-7-17(26-21(32)19(30)14-8-15(23)10-16(24)9-14)20(31)27-18-11-29(13-25-18)22(2,3)12-28(4)5/h8-11,13,17,19,30H,6-7,12H2,1-5H3,(H,26,32)(H,27,31)/t17-,19+/m0/s1. The number of carbonyl (C=O) groups excluding carboxylic acids is 2. The van der Waals surface area contributed by atoms with Crippen molar-refractivity contribution in [3.63, 3.8) is 0 Å².